The molecule has 25 heavy (non-hydrogen) atoms. The maximum atomic E-state index is 10.2. The highest BCUT2D eigenvalue weighted by molar-refractivity contribution is 5.31. The number of methoxy groups -OCH3 is 1. The molecule has 134 valence electrons. The normalized spacial score (nSPS) is 24.9. The van der Waals surface area contributed by atoms with E-state index < -0.39 is 0 Å². The number of benzene rings is 1. The Morgan fingerprint density at radius 2 is 2.08 bits per heavy atom. The molecule has 5 heteroatoms. The quantitative estimate of drug-likeness (QED) is 0.906. The molecular weight excluding hydrogens is 314 g/mol. The Labute approximate surface area is 149 Å². The summed E-state index contributed by atoms with van der Waals surface area (Å²) in [6.45, 7) is 1.47. The van der Waals surface area contributed by atoms with Crippen molar-refractivity contribution in [2.45, 2.75) is 56.8 Å². The fourth-order valence-electron chi connectivity index (χ4n) is 4.29. The summed E-state index contributed by atoms with van der Waals surface area (Å²) < 4.78 is 7.51. The van der Waals surface area contributed by atoms with E-state index in [1.165, 1.54) is 31.2 Å². The second-order valence-corrected chi connectivity index (χ2v) is 7.34. The number of aliphatic hydroxyl groups excluding tert-OH is 1. The molecule has 0 radical (unpaired) electrons. The number of β-amino-alcohol motifs (C(OH)–C–C–N with tert-alkyl or cyclic N) is 1. The van der Waals surface area contributed by atoms with Gasteiger partial charge in [0.05, 0.1) is 24.9 Å². The molecule has 1 N–H and O–H groups in total. The van der Waals surface area contributed by atoms with Crippen molar-refractivity contribution in [3.63, 3.8) is 0 Å². The van der Waals surface area contributed by atoms with E-state index in [0.717, 1.165) is 24.4 Å². The Morgan fingerprint density at radius 1 is 1.24 bits per heavy atom. The number of rotatable bonds is 5. The van der Waals surface area contributed by atoms with Crippen LogP contribution in [0.4, 0.5) is 0 Å². The zero-order valence-corrected chi connectivity index (χ0v) is 14.8. The fourth-order valence-corrected chi connectivity index (χ4v) is 4.29. The predicted molar refractivity (Wildman–Crippen MR) is 96.5 cm³/mol. The van der Waals surface area contributed by atoms with Crippen molar-refractivity contribution < 1.29 is 9.84 Å². The third-order valence-electron chi connectivity index (χ3n) is 5.59. The lowest BCUT2D eigenvalue weighted by atomic mass is 10.0. The Balaban J connectivity index is 1.50. The first-order chi connectivity index (χ1) is 12.2. The van der Waals surface area contributed by atoms with Gasteiger partial charge in [0.1, 0.15) is 5.75 Å². The van der Waals surface area contributed by atoms with Crippen LogP contribution in [0, 0.1) is 0 Å². The number of hydrogen-bond acceptors (Lipinski definition) is 4. The molecular formula is C20H27N3O2. The predicted octanol–water partition coefficient (Wildman–Crippen LogP) is 3.31. The van der Waals surface area contributed by atoms with Crippen LogP contribution in [0.1, 0.15) is 55.4 Å². The van der Waals surface area contributed by atoms with Crippen molar-refractivity contribution in [2.75, 3.05) is 13.7 Å². The summed E-state index contributed by atoms with van der Waals surface area (Å²) in [4.78, 5) is 2.33. The summed E-state index contributed by atoms with van der Waals surface area (Å²) >= 11 is 0. The molecule has 1 saturated heterocycles. The van der Waals surface area contributed by atoms with Crippen LogP contribution < -0.4 is 4.74 Å². The molecule has 1 aromatic heterocycles. The van der Waals surface area contributed by atoms with Crippen molar-refractivity contribution in [2.24, 2.45) is 0 Å². The van der Waals surface area contributed by atoms with Crippen LogP contribution in [0.15, 0.2) is 36.5 Å². The van der Waals surface area contributed by atoms with E-state index in [-0.39, 0.29) is 12.1 Å². The highest BCUT2D eigenvalue weighted by Gasteiger charge is 2.32. The molecule has 0 amide bonds. The van der Waals surface area contributed by atoms with Gasteiger partial charge in [-0.2, -0.15) is 5.10 Å². The van der Waals surface area contributed by atoms with Crippen LogP contribution in [-0.4, -0.2) is 39.5 Å². The molecule has 2 heterocycles. The van der Waals surface area contributed by atoms with Crippen molar-refractivity contribution in [3.8, 4) is 5.75 Å². The van der Waals surface area contributed by atoms with E-state index in [0.29, 0.717) is 12.6 Å². The van der Waals surface area contributed by atoms with Crippen molar-refractivity contribution in [1.82, 2.24) is 14.7 Å². The number of hydrogen-bond donors (Lipinski definition) is 1. The summed E-state index contributed by atoms with van der Waals surface area (Å²) in [5, 5.41) is 15.0. The maximum Gasteiger partial charge on any atom is 0.119 e. The van der Waals surface area contributed by atoms with Crippen LogP contribution in [0.3, 0.4) is 0 Å². The highest BCUT2D eigenvalue weighted by atomic mass is 16.5. The van der Waals surface area contributed by atoms with E-state index >= 15 is 0 Å². The lowest BCUT2D eigenvalue weighted by Gasteiger charge is -2.24. The summed E-state index contributed by atoms with van der Waals surface area (Å²) in [6.07, 6.45) is 7.72. The molecule has 1 saturated carbocycles. The van der Waals surface area contributed by atoms with Crippen LogP contribution in [0.25, 0.3) is 0 Å². The lowest BCUT2D eigenvalue weighted by Crippen LogP contribution is -2.24. The van der Waals surface area contributed by atoms with Gasteiger partial charge in [0.25, 0.3) is 0 Å². The number of likely N-dealkylation sites (tertiary alicyclic amines) is 1. The van der Waals surface area contributed by atoms with E-state index in [1.54, 1.807) is 7.11 Å². The zero-order valence-electron chi connectivity index (χ0n) is 14.8. The highest BCUT2D eigenvalue weighted by Crippen LogP contribution is 2.35. The second-order valence-electron chi connectivity index (χ2n) is 7.34. The second kappa shape index (κ2) is 7.18. The molecule has 5 nitrogen and oxygen atoms in total. The third kappa shape index (κ3) is 3.58. The minimum atomic E-state index is -0.284. The first kappa shape index (κ1) is 16.6. The van der Waals surface area contributed by atoms with Crippen molar-refractivity contribution >= 4 is 0 Å². The van der Waals surface area contributed by atoms with Crippen LogP contribution in [0.5, 0.6) is 5.75 Å². The molecule has 2 atom stereocenters. The third-order valence-corrected chi connectivity index (χ3v) is 5.59. The Morgan fingerprint density at radius 3 is 2.88 bits per heavy atom. The molecule has 2 aliphatic rings. The number of aliphatic hydroxyl groups is 1. The smallest absolute Gasteiger partial charge is 0.119 e. The van der Waals surface area contributed by atoms with Crippen molar-refractivity contribution in [1.29, 1.82) is 0 Å². The van der Waals surface area contributed by atoms with Gasteiger partial charge in [-0.1, -0.05) is 25.0 Å². The van der Waals surface area contributed by atoms with Gasteiger partial charge in [-0.25, -0.2) is 0 Å². The summed E-state index contributed by atoms with van der Waals surface area (Å²) in [5.74, 6) is 0.865. The summed E-state index contributed by atoms with van der Waals surface area (Å²) in [6, 6.07) is 11.1. The first-order valence-corrected chi connectivity index (χ1v) is 9.33. The van der Waals surface area contributed by atoms with Crippen LogP contribution in [0.2, 0.25) is 0 Å². The Hall–Kier alpha value is -1.85. The number of ether oxygens (including phenoxy) is 1. The van der Waals surface area contributed by atoms with Gasteiger partial charge in [-0.05, 0) is 43.0 Å². The van der Waals surface area contributed by atoms with E-state index in [2.05, 4.69) is 34.0 Å². The van der Waals surface area contributed by atoms with E-state index in [9.17, 15) is 5.11 Å². The molecule has 0 unspecified atom stereocenters. The topological polar surface area (TPSA) is 50.5 Å². The minimum absolute atomic E-state index is 0.210. The molecule has 4 rings (SSSR count). The standard InChI is InChI=1S/C20H27N3O2/c1-25-19-8-4-5-15(11-19)20-12-18(24)14-22(20)13-16-9-10-23(21-16)17-6-2-3-7-17/h4-5,8-11,17-18,20,24H,2-3,6-7,12-14H2,1H3/t18-,20-/m0/s1. The summed E-state index contributed by atoms with van der Waals surface area (Å²) in [7, 11) is 1.69. The largest absolute Gasteiger partial charge is 0.497 e. The van der Waals surface area contributed by atoms with Gasteiger partial charge in [0.2, 0.25) is 0 Å². The minimum Gasteiger partial charge on any atom is -0.497 e. The fraction of sp³-hybridized carbons (Fsp3) is 0.550. The van der Waals surface area contributed by atoms with Crippen LogP contribution >= 0.6 is 0 Å². The lowest BCUT2D eigenvalue weighted by molar-refractivity contribution is 0.172. The van der Waals surface area contributed by atoms with E-state index in [1.807, 2.05) is 12.1 Å². The average molecular weight is 341 g/mol. The zero-order chi connectivity index (χ0) is 17.2. The summed E-state index contributed by atoms with van der Waals surface area (Å²) in [5.41, 5.74) is 2.29. The van der Waals surface area contributed by atoms with Crippen molar-refractivity contribution in [3.05, 3.63) is 47.8 Å². The SMILES string of the molecule is COc1cccc([C@@H]2C[C@H](O)CN2Cc2ccn(C3CCCC3)n2)c1. The van der Waals surface area contributed by atoms with Gasteiger partial charge < -0.3 is 9.84 Å². The van der Waals surface area contributed by atoms with Gasteiger partial charge in [0, 0.05) is 25.3 Å². The Kier molecular flexibility index (Phi) is 4.77. The first-order valence-electron chi connectivity index (χ1n) is 9.33. The molecule has 2 fully saturated rings. The van der Waals surface area contributed by atoms with Crippen LogP contribution in [-0.2, 0) is 6.54 Å². The molecule has 0 bridgehead atoms. The molecule has 2 aromatic rings. The average Bonchev–Trinajstić information content (AvgIpc) is 3.36. The monoisotopic (exact) mass is 341 g/mol. The van der Waals surface area contributed by atoms with Gasteiger partial charge in [-0.3, -0.25) is 9.58 Å². The molecule has 0 spiro atoms. The number of nitrogens with zero attached hydrogens (tertiary/aromatic N) is 3. The van der Waals surface area contributed by atoms with Gasteiger partial charge in [0.15, 0.2) is 0 Å². The molecule has 1 aliphatic heterocycles. The maximum absolute atomic E-state index is 10.2. The Bertz CT molecular complexity index is 708. The van der Waals surface area contributed by atoms with Gasteiger partial charge in [-0.15, -0.1) is 0 Å². The molecule has 1 aromatic carbocycles. The number of aromatic nitrogens is 2. The van der Waals surface area contributed by atoms with E-state index in [4.69, 9.17) is 9.84 Å². The van der Waals surface area contributed by atoms with Gasteiger partial charge >= 0.3 is 0 Å². The molecule has 1 aliphatic carbocycles.